The van der Waals surface area contributed by atoms with Crippen molar-refractivity contribution in [3.63, 3.8) is 0 Å². The maximum Gasteiger partial charge on any atom is 0.315 e. The first-order valence-corrected chi connectivity index (χ1v) is 7.24. The van der Waals surface area contributed by atoms with E-state index in [1.807, 2.05) is 22.9 Å². The Labute approximate surface area is 128 Å². The molecule has 1 unspecified atom stereocenters. The fourth-order valence-corrected chi connectivity index (χ4v) is 2.63. The summed E-state index contributed by atoms with van der Waals surface area (Å²) in [6, 6.07) is 5.36. The van der Waals surface area contributed by atoms with Crippen LogP contribution in [0, 0.1) is 5.92 Å². The second-order valence-electron chi connectivity index (χ2n) is 5.47. The number of fused-ring (bicyclic) bond motifs is 1. The maximum absolute atomic E-state index is 11.5. The lowest BCUT2D eigenvalue weighted by molar-refractivity contribution is 0.0714. The molecule has 2 N–H and O–H groups in total. The Morgan fingerprint density at radius 3 is 3.05 bits per heavy atom. The molecule has 3 rings (SSSR count). The highest BCUT2D eigenvalue weighted by Gasteiger charge is 2.24. The molecule has 0 saturated heterocycles. The van der Waals surface area contributed by atoms with Gasteiger partial charge in [0.1, 0.15) is 0 Å². The molecule has 116 valence electrons. The van der Waals surface area contributed by atoms with Crippen LogP contribution in [0.4, 0.5) is 4.79 Å². The van der Waals surface area contributed by atoms with Crippen molar-refractivity contribution in [2.45, 2.75) is 19.7 Å². The summed E-state index contributed by atoms with van der Waals surface area (Å²) >= 11 is 0. The van der Waals surface area contributed by atoms with Gasteiger partial charge in [0.2, 0.25) is 0 Å². The number of amides is 2. The van der Waals surface area contributed by atoms with Gasteiger partial charge in [-0.25, -0.2) is 4.79 Å². The fraction of sp³-hybridized carbons (Fsp3) is 0.400. The zero-order chi connectivity index (χ0) is 15.4. The molecular formula is C15H19N5O2. The van der Waals surface area contributed by atoms with E-state index in [0.29, 0.717) is 26.3 Å². The molecule has 0 saturated carbocycles. The molecule has 0 fully saturated rings. The van der Waals surface area contributed by atoms with Crippen molar-refractivity contribution in [1.82, 2.24) is 19.7 Å². The highest BCUT2D eigenvalue weighted by Crippen LogP contribution is 2.16. The zero-order valence-electron chi connectivity index (χ0n) is 12.3. The monoisotopic (exact) mass is 301 g/mol. The van der Waals surface area contributed by atoms with E-state index in [0.717, 1.165) is 17.8 Å². The summed E-state index contributed by atoms with van der Waals surface area (Å²) in [6.45, 7) is 2.84. The van der Waals surface area contributed by atoms with Gasteiger partial charge < -0.3 is 15.4 Å². The highest BCUT2D eigenvalue weighted by molar-refractivity contribution is 5.72. The Balaban J connectivity index is 1.61. The van der Waals surface area contributed by atoms with E-state index < -0.39 is 6.03 Å². The first-order valence-electron chi connectivity index (χ1n) is 7.24. The van der Waals surface area contributed by atoms with Crippen molar-refractivity contribution in [2.24, 2.45) is 11.7 Å². The molecule has 0 spiro atoms. The van der Waals surface area contributed by atoms with E-state index >= 15 is 0 Å². The SMILES string of the molecule is NC(=O)N1Cc2ccnn2CC(COCc2cccnc2)C1. The molecule has 0 aliphatic carbocycles. The van der Waals surface area contributed by atoms with Gasteiger partial charge in [0, 0.05) is 37.6 Å². The number of carbonyl (C=O) groups excluding carboxylic acids is 1. The third-order valence-corrected chi connectivity index (χ3v) is 3.72. The zero-order valence-corrected chi connectivity index (χ0v) is 12.3. The minimum Gasteiger partial charge on any atom is -0.376 e. The van der Waals surface area contributed by atoms with Crippen LogP contribution in [0.15, 0.2) is 36.8 Å². The van der Waals surface area contributed by atoms with Gasteiger partial charge in [-0.05, 0) is 17.7 Å². The fourth-order valence-electron chi connectivity index (χ4n) is 2.63. The van der Waals surface area contributed by atoms with Gasteiger partial charge in [0.05, 0.1) is 25.5 Å². The molecule has 7 heteroatoms. The van der Waals surface area contributed by atoms with Crippen LogP contribution >= 0.6 is 0 Å². The topological polar surface area (TPSA) is 86.3 Å². The lowest BCUT2D eigenvalue weighted by Crippen LogP contribution is -2.38. The van der Waals surface area contributed by atoms with Gasteiger partial charge in [0.15, 0.2) is 0 Å². The van der Waals surface area contributed by atoms with Crippen LogP contribution in [-0.4, -0.2) is 38.8 Å². The smallest absolute Gasteiger partial charge is 0.315 e. The number of carbonyl (C=O) groups is 1. The molecule has 22 heavy (non-hydrogen) atoms. The number of nitrogens with zero attached hydrogens (tertiary/aromatic N) is 4. The second-order valence-corrected chi connectivity index (χ2v) is 5.47. The number of hydrogen-bond donors (Lipinski definition) is 1. The van der Waals surface area contributed by atoms with E-state index in [4.69, 9.17) is 10.5 Å². The first kappa shape index (κ1) is 14.5. The molecular weight excluding hydrogens is 282 g/mol. The van der Waals surface area contributed by atoms with Gasteiger partial charge >= 0.3 is 6.03 Å². The molecule has 1 aliphatic rings. The molecule has 0 radical (unpaired) electrons. The summed E-state index contributed by atoms with van der Waals surface area (Å²) in [4.78, 5) is 17.2. The van der Waals surface area contributed by atoms with Crippen molar-refractivity contribution in [1.29, 1.82) is 0 Å². The van der Waals surface area contributed by atoms with Crippen molar-refractivity contribution in [2.75, 3.05) is 13.2 Å². The van der Waals surface area contributed by atoms with Crippen molar-refractivity contribution < 1.29 is 9.53 Å². The van der Waals surface area contributed by atoms with Gasteiger partial charge in [-0.2, -0.15) is 5.10 Å². The largest absolute Gasteiger partial charge is 0.376 e. The highest BCUT2D eigenvalue weighted by atomic mass is 16.5. The van der Waals surface area contributed by atoms with Crippen LogP contribution in [0.25, 0.3) is 0 Å². The van der Waals surface area contributed by atoms with E-state index in [9.17, 15) is 4.79 Å². The number of hydrogen-bond acceptors (Lipinski definition) is 4. The molecule has 3 heterocycles. The Morgan fingerprint density at radius 2 is 2.27 bits per heavy atom. The number of nitrogens with two attached hydrogens (primary N) is 1. The van der Waals surface area contributed by atoms with Crippen LogP contribution in [-0.2, 0) is 24.4 Å². The van der Waals surface area contributed by atoms with E-state index in [1.165, 1.54) is 0 Å². The second kappa shape index (κ2) is 6.57. The van der Waals surface area contributed by atoms with Crippen molar-refractivity contribution >= 4 is 6.03 Å². The molecule has 2 amide bonds. The third kappa shape index (κ3) is 3.43. The van der Waals surface area contributed by atoms with Gasteiger partial charge in [-0.15, -0.1) is 0 Å². The summed E-state index contributed by atoms with van der Waals surface area (Å²) in [5, 5.41) is 4.30. The normalized spacial score (nSPS) is 17.8. The molecule has 2 aromatic rings. The number of aromatic nitrogens is 3. The average molecular weight is 301 g/mol. The summed E-state index contributed by atoms with van der Waals surface area (Å²) in [6.07, 6.45) is 5.26. The predicted molar refractivity (Wildman–Crippen MR) is 79.6 cm³/mol. The molecule has 0 bridgehead atoms. The summed E-state index contributed by atoms with van der Waals surface area (Å²) in [5.41, 5.74) is 7.48. The lowest BCUT2D eigenvalue weighted by atomic mass is 10.1. The van der Waals surface area contributed by atoms with Gasteiger partial charge in [-0.3, -0.25) is 9.67 Å². The minimum absolute atomic E-state index is 0.158. The lowest BCUT2D eigenvalue weighted by Gasteiger charge is -2.22. The van der Waals surface area contributed by atoms with Gasteiger partial charge in [-0.1, -0.05) is 6.07 Å². The van der Waals surface area contributed by atoms with Crippen LogP contribution in [0.3, 0.4) is 0 Å². The van der Waals surface area contributed by atoms with Gasteiger partial charge in [0.25, 0.3) is 0 Å². The van der Waals surface area contributed by atoms with Crippen LogP contribution in [0.5, 0.6) is 0 Å². The Bertz CT molecular complexity index is 628. The van der Waals surface area contributed by atoms with Crippen LogP contribution in [0.2, 0.25) is 0 Å². The number of primary amides is 1. The molecule has 1 aliphatic heterocycles. The quantitative estimate of drug-likeness (QED) is 0.913. The summed E-state index contributed by atoms with van der Waals surface area (Å²) in [7, 11) is 0. The molecule has 7 nitrogen and oxygen atoms in total. The van der Waals surface area contributed by atoms with Crippen molar-refractivity contribution in [3.8, 4) is 0 Å². The Morgan fingerprint density at radius 1 is 1.36 bits per heavy atom. The first-order chi connectivity index (χ1) is 10.7. The molecule has 2 aromatic heterocycles. The summed E-state index contributed by atoms with van der Waals surface area (Å²) < 4.78 is 7.69. The molecule has 0 aromatic carbocycles. The number of pyridine rings is 1. The Hall–Kier alpha value is -2.41. The standard InChI is InChI=1S/C15H19N5O2/c16-15(21)19-7-13(8-20-14(9-19)3-5-18-20)11-22-10-12-2-1-4-17-6-12/h1-6,13H,7-11H2,(H2,16,21). The van der Waals surface area contributed by atoms with E-state index in [2.05, 4.69) is 10.1 Å². The third-order valence-electron chi connectivity index (χ3n) is 3.72. The van der Waals surface area contributed by atoms with E-state index in [1.54, 1.807) is 23.5 Å². The molecule has 1 atom stereocenters. The van der Waals surface area contributed by atoms with Crippen molar-refractivity contribution in [3.05, 3.63) is 48.0 Å². The van der Waals surface area contributed by atoms with Crippen LogP contribution in [0.1, 0.15) is 11.3 Å². The average Bonchev–Trinajstić information content (AvgIpc) is 2.87. The predicted octanol–water partition coefficient (Wildman–Crippen LogP) is 1.01. The number of urea groups is 1. The minimum atomic E-state index is -0.410. The number of rotatable bonds is 4. The maximum atomic E-state index is 11.5. The number of ether oxygens (including phenoxy) is 1. The van der Waals surface area contributed by atoms with Crippen LogP contribution < -0.4 is 5.73 Å². The summed E-state index contributed by atoms with van der Waals surface area (Å²) in [5.74, 6) is 0.158. The van der Waals surface area contributed by atoms with E-state index in [-0.39, 0.29) is 5.92 Å². The Kier molecular flexibility index (Phi) is 4.34.